The number of carbonyl (C=O) groups excluding carboxylic acids is 1. The summed E-state index contributed by atoms with van der Waals surface area (Å²) in [5.41, 5.74) is 3.78. The van der Waals surface area contributed by atoms with E-state index < -0.39 is 0 Å². The summed E-state index contributed by atoms with van der Waals surface area (Å²) in [5, 5.41) is 6.63. The topological polar surface area (TPSA) is 50.4 Å². The summed E-state index contributed by atoms with van der Waals surface area (Å²) in [6.07, 6.45) is 1.89. The second kappa shape index (κ2) is 10.5. The van der Waals surface area contributed by atoms with Gasteiger partial charge in [0.1, 0.15) is 5.75 Å². The SMILES string of the molecule is Cc1ccc(Cl)cc1NC(=O)CNc1ccccc1OCCCc1ccccc1. The van der Waals surface area contributed by atoms with Crippen molar-refractivity contribution < 1.29 is 9.53 Å². The highest BCUT2D eigenvalue weighted by atomic mass is 35.5. The number of nitrogens with one attached hydrogen (secondary N) is 2. The Kier molecular flexibility index (Phi) is 7.54. The van der Waals surface area contributed by atoms with Crippen LogP contribution < -0.4 is 15.4 Å². The fraction of sp³-hybridized carbons (Fsp3) is 0.208. The lowest BCUT2D eigenvalue weighted by molar-refractivity contribution is -0.114. The van der Waals surface area contributed by atoms with Crippen LogP contribution in [0.3, 0.4) is 0 Å². The van der Waals surface area contributed by atoms with E-state index in [1.165, 1.54) is 5.56 Å². The molecule has 5 heteroatoms. The number of benzene rings is 3. The maximum atomic E-state index is 12.3. The second-order valence-corrected chi connectivity index (χ2v) is 7.23. The lowest BCUT2D eigenvalue weighted by atomic mass is 10.1. The number of anilines is 2. The maximum Gasteiger partial charge on any atom is 0.243 e. The summed E-state index contributed by atoms with van der Waals surface area (Å²) in [6.45, 7) is 2.68. The highest BCUT2D eigenvalue weighted by Crippen LogP contribution is 2.24. The van der Waals surface area contributed by atoms with Crippen LogP contribution >= 0.6 is 11.6 Å². The van der Waals surface area contributed by atoms with E-state index in [-0.39, 0.29) is 12.5 Å². The van der Waals surface area contributed by atoms with E-state index >= 15 is 0 Å². The number of aryl methyl sites for hydroxylation is 2. The van der Waals surface area contributed by atoms with E-state index in [9.17, 15) is 4.79 Å². The molecule has 29 heavy (non-hydrogen) atoms. The number of ether oxygens (including phenoxy) is 1. The zero-order valence-electron chi connectivity index (χ0n) is 16.5. The average molecular weight is 409 g/mol. The molecule has 0 heterocycles. The van der Waals surface area contributed by atoms with Crippen molar-refractivity contribution in [3.05, 3.63) is 88.9 Å². The molecule has 0 saturated heterocycles. The molecule has 4 nitrogen and oxygen atoms in total. The zero-order chi connectivity index (χ0) is 20.5. The molecule has 0 aliphatic rings. The van der Waals surface area contributed by atoms with Crippen LogP contribution in [0, 0.1) is 6.92 Å². The Bertz CT molecular complexity index is 945. The molecule has 0 bridgehead atoms. The molecule has 0 aliphatic heterocycles. The highest BCUT2D eigenvalue weighted by molar-refractivity contribution is 6.31. The predicted octanol–water partition coefficient (Wildman–Crippen LogP) is 5.71. The first kappa shape index (κ1) is 20.7. The molecule has 0 spiro atoms. The fourth-order valence-corrected chi connectivity index (χ4v) is 3.11. The van der Waals surface area contributed by atoms with Crippen molar-refractivity contribution in [1.82, 2.24) is 0 Å². The monoisotopic (exact) mass is 408 g/mol. The van der Waals surface area contributed by atoms with Crippen molar-refractivity contribution in [2.75, 3.05) is 23.8 Å². The minimum Gasteiger partial charge on any atom is -0.491 e. The summed E-state index contributed by atoms with van der Waals surface area (Å²) in [7, 11) is 0. The van der Waals surface area contributed by atoms with Crippen LogP contribution in [0.4, 0.5) is 11.4 Å². The third-order valence-electron chi connectivity index (χ3n) is 4.51. The molecule has 0 radical (unpaired) electrons. The van der Waals surface area contributed by atoms with E-state index in [4.69, 9.17) is 16.3 Å². The van der Waals surface area contributed by atoms with Gasteiger partial charge in [-0.2, -0.15) is 0 Å². The van der Waals surface area contributed by atoms with Crippen molar-refractivity contribution in [3.8, 4) is 5.75 Å². The lowest BCUT2D eigenvalue weighted by Gasteiger charge is -2.14. The quantitative estimate of drug-likeness (QED) is 0.446. The first-order valence-electron chi connectivity index (χ1n) is 9.67. The number of para-hydroxylation sites is 2. The van der Waals surface area contributed by atoms with Gasteiger partial charge in [-0.15, -0.1) is 0 Å². The Labute approximate surface area is 176 Å². The minimum atomic E-state index is -0.144. The fourth-order valence-electron chi connectivity index (χ4n) is 2.94. The van der Waals surface area contributed by atoms with Gasteiger partial charge in [0.15, 0.2) is 0 Å². The summed E-state index contributed by atoms with van der Waals surface area (Å²) >= 11 is 6.01. The van der Waals surface area contributed by atoms with Crippen molar-refractivity contribution in [2.24, 2.45) is 0 Å². The van der Waals surface area contributed by atoms with Crippen LogP contribution in [0.2, 0.25) is 5.02 Å². The minimum absolute atomic E-state index is 0.135. The molecular formula is C24H25ClN2O2. The summed E-state index contributed by atoms with van der Waals surface area (Å²) in [5.74, 6) is 0.599. The largest absolute Gasteiger partial charge is 0.491 e. The molecule has 0 atom stereocenters. The summed E-state index contributed by atoms with van der Waals surface area (Å²) < 4.78 is 5.93. The van der Waals surface area contributed by atoms with Gasteiger partial charge in [0.25, 0.3) is 0 Å². The van der Waals surface area contributed by atoms with Crippen molar-refractivity contribution in [1.29, 1.82) is 0 Å². The van der Waals surface area contributed by atoms with Gasteiger partial charge in [-0.25, -0.2) is 0 Å². The van der Waals surface area contributed by atoms with Gasteiger partial charge in [0.05, 0.1) is 18.8 Å². The van der Waals surface area contributed by atoms with Gasteiger partial charge in [-0.05, 0) is 55.2 Å². The molecule has 3 aromatic rings. The number of carbonyl (C=O) groups is 1. The molecule has 3 aromatic carbocycles. The summed E-state index contributed by atoms with van der Waals surface area (Å²) in [4.78, 5) is 12.3. The Balaban J connectivity index is 1.49. The van der Waals surface area contributed by atoms with Crippen LogP contribution in [-0.2, 0) is 11.2 Å². The van der Waals surface area contributed by atoms with Crippen molar-refractivity contribution >= 4 is 28.9 Å². The van der Waals surface area contributed by atoms with E-state index in [2.05, 4.69) is 22.8 Å². The van der Waals surface area contributed by atoms with E-state index in [1.54, 1.807) is 12.1 Å². The van der Waals surface area contributed by atoms with Gasteiger partial charge in [-0.3, -0.25) is 4.79 Å². The molecule has 0 unspecified atom stereocenters. The Hall–Kier alpha value is -2.98. The Morgan fingerprint density at radius 2 is 1.72 bits per heavy atom. The van der Waals surface area contributed by atoms with Crippen molar-refractivity contribution in [2.45, 2.75) is 19.8 Å². The molecule has 150 valence electrons. The van der Waals surface area contributed by atoms with Crippen LogP contribution in [0.5, 0.6) is 5.75 Å². The molecule has 3 rings (SSSR count). The molecule has 0 fully saturated rings. The smallest absolute Gasteiger partial charge is 0.243 e. The van der Waals surface area contributed by atoms with E-state index in [0.717, 1.165) is 35.5 Å². The first-order chi connectivity index (χ1) is 14.1. The van der Waals surface area contributed by atoms with Crippen LogP contribution in [0.15, 0.2) is 72.8 Å². The van der Waals surface area contributed by atoms with E-state index in [0.29, 0.717) is 11.6 Å². The summed E-state index contributed by atoms with van der Waals surface area (Å²) in [6, 6.07) is 23.4. The highest BCUT2D eigenvalue weighted by Gasteiger charge is 2.08. The number of amides is 1. The van der Waals surface area contributed by atoms with Gasteiger partial charge in [-0.1, -0.05) is 60.1 Å². The molecule has 0 aliphatic carbocycles. The Morgan fingerprint density at radius 1 is 0.966 bits per heavy atom. The number of halogens is 1. The number of hydrogen-bond acceptors (Lipinski definition) is 3. The normalized spacial score (nSPS) is 10.4. The molecule has 0 saturated carbocycles. The molecule has 1 amide bonds. The number of rotatable bonds is 9. The van der Waals surface area contributed by atoms with E-state index in [1.807, 2.05) is 55.5 Å². The molecule has 2 N–H and O–H groups in total. The maximum absolute atomic E-state index is 12.3. The zero-order valence-corrected chi connectivity index (χ0v) is 17.2. The van der Waals surface area contributed by atoms with Gasteiger partial charge >= 0.3 is 0 Å². The van der Waals surface area contributed by atoms with Crippen LogP contribution in [0.1, 0.15) is 17.5 Å². The standard InChI is InChI=1S/C24H25ClN2O2/c1-18-13-14-20(25)16-22(18)27-24(28)17-26-21-11-5-6-12-23(21)29-15-7-10-19-8-3-2-4-9-19/h2-6,8-9,11-14,16,26H,7,10,15,17H2,1H3,(H,27,28). The van der Waals surface area contributed by atoms with Crippen LogP contribution in [0.25, 0.3) is 0 Å². The molecule has 0 aromatic heterocycles. The second-order valence-electron chi connectivity index (χ2n) is 6.79. The third kappa shape index (κ3) is 6.54. The molecular weight excluding hydrogens is 384 g/mol. The van der Waals surface area contributed by atoms with Crippen molar-refractivity contribution in [3.63, 3.8) is 0 Å². The number of hydrogen-bond donors (Lipinski definition) is 2. The van der Waals surface area contributed by atoms with Gasteiger partial charge in [0, 0.05) is 10.7 Å². The van der Waals surface area contributed by atoms with Gasteiger partial charge < -0.3 is 15.4 Å². The predicted molar refractivity (Wildman–Crippen MR) is 120 cm³/mol. The third-order valence-corrected chi connectivity index (χ3v) is 4.75. The Morgan fingerprint density at radius 3 is 2.55 bits per heavy atom. The average Bonchev–Trinajstić information content (AvgIpc) is 2.74. The first-order valence-corrected chi connectivity index (χ1v) is 10.1. The lowest BCUT2D eigenvalue weighted by Crippen LogP contribution is -2.22. The van der Waals surface area contributed by atoms with Gasteiger partial charge in [0.2, 0.25) is 5.91 Å². The van der Waals surface area contributed by atoms with Crippen LogP contribution in [-0.4, -0.2) is 19.1 Å².